The van der Waals surface area contributed by atoms with Gasteiger partial charge < -0.3 is 5.32 Å². The predicted molar refractivity (Wildman–Crippen MR) is 79.0 cm³/mol. The molecule has 2 rings (SSSR count). The second-order valence-electron chi connectivity index (χ2n) is 4.55. The Bertz CT molecular complexity index is 620. The van der Waals surface area contributed by atoms with Gasteiger partial charge in [-0.05, 0) is 44.5 Å². The van der Waals surface area contributed by atoms with Crippen molar-refractivity contribution in [3.63, 3.8) is 0 Å². The van der Waals surface area contributed by atoms with Crippen LogP contribution in [0.3, 0.4) is 0 Å². The number of hydrogen-bond donors (Lipinski definition) is 1. The Balaban J connectivity index is 2.10. The van der Waals surface area contributed by atoms with E-state index in [4.69, 9.17) is 0 Å². The number of hydrogen-bond acceptors (Lipinski definition) is 4. The standard InChI is InChI=1S/C14H16N2O2S/c1-9-6-13(4-5-14(9)16(17)18)15-8-12-7-10(2)19-11(12)3/h4-7,15H,8H2,1-3H3. The number of rotatable bonds is 4. The molecule has 0 saturated carbocycles. The predicted octanol–water partition coefficient (Wildman–Crippen LogP) is 4.19. The van der Waals surface area contributed by atoms with Crippen molar-refractivity contribution >= 4 is 22.7 Å². The number of anilines is 1. The highest BCUT2D eigenvalue weighted by atomic mass is 32.1. The number of nitro benzene ring substituents is 1. The minimum Gasteiger partial charge on any atom is -0.381 e. The summed E-state index contributed by atoms with van der Waals surface area (Å²) in [5.41, 5.74) is 3.02. The molecule has 0 spiro atoms. The van der Waals surface area contributed by atoms with Crippen molar-refractivity contribution in [2.24, 2.45) is 0 Å². The molecule has 0 aliphatic heterocycles. The smallest absolute Gasteiger partial charge is 0.272 e. The molecule has 2 aromatic rings. The molecule has 5 heteroatoms. The lowest BCUT2D eigenvalue weighted by molar-refractivity contribution is -0.385. The average Bonchev–Trinajstić information content (AvgIpc) is 2.65. The molecule has 0 fully saturated rings. The van der Waals surface area contributed by atoms with Crippen LogP contribution in [0.1, 0.15) is 20.9 Å². The van der Waals surface area contributed by atoms with Crippen molar-refractivity contribution in [3.05, 3.63) is 55.3 Å². The number of thiophene rings is 1. The molecule has 0 aliphatic rings. The topological polar surface area (TPSA) is 55.2 Å². The number of benzene rings is 1. The third-order valence-electron chi connectivity index (χ3n) is 3.02. The highest BCUT2D eigenvalue weighted by Crippen LogP contribution is 2.24. The van der Waals surface area contributed by atoms with Crippen molar-refractivity contribution in [1.29, 1.82) is 0 Å². The molecule has 0 radical (unpaired) electrons. The number of nitrogens with one attached hydrogen (secondary N) is 1. The van der Waals surface area contributed by atoms with E-state index in [9.17, 15) is 10.1 Å². The summed E-state index contributed by atoms with van der Waals surface area (Å²) < 4.78 is 0. The van der Waals surface area contributed by atoms with Gasteiger partial charge in [0.25, 0.3) is 5.69 Å². The summed E-state index contributed by atoms with van der Waals surface area (Å²) in [5, 5.41) is 14.1. The molecule has 19 heavy (non-hydrogen) atoms. The van der Waals surface area contributed by atoms with Crippen molar-refractivity contribution in [3.8, 4) is 0 Å². The number of aryl methyl sites for hydroxylation is 3. The van der Waals surface area contributed by atoms with Gasteiger partial charge in [0, 0.05) is 33.6 Å². The van der Waals surface area contributed by atoms with Crippen LogP contribution < -0.4 is 5.32 Å². The lowest BCUT2D eigenvalue weighted by Crippen LogP contribution is -2.00. The Hall–Kier alpha value is -1.88. The van der Waals surface area contributed by atoms with E-state index in [1.54, 1.807) is 30.4 Å². The lowest BCUT2D eigenvalue weighted by Gasteiger charge is -2.07. The van der Waals surface area contributed by atoms with E-state index in [-0.39, 0.29) is 10.6 Å². The maximum atomic E-state index is 10.7. The Morgan fingerprint density at radius 2 is 2.00 bits per heavy atom. The zero-order chi connectivity index (χ0) is 14.0. The van der Waals surface area contributed by atoms with Gasteiger partial charge in [-0.25, -0.2) is 0 Å². The van der Waals surface area contributed by atoms with Crippen LogP contribution in [0.4, 0.5) is 11.4 Å². The van der Waals surface area contributed by atoms with E-state index >= 15 is 0 Å². The molecule has 0 bridgehead atoms. The molecular formula is C14H16N2O2S. The number of nitro groups is 1. The van der Waals surface area contributed by atoms with Crippen molar-refractivity contribution < 1.29 is 4.92 Å². The molecule has 4 nitrogen and oxygen atoms in total. The summed E-state index contributed by atoms with van der Waals surface area (Å²) in [7, 11) is 0. The van der Waals surface area contributed by atoms with E-state index in [1.165, 1.54) is 15.3 Å². The van der Waals surface area contributed by atoms with Crippen LogP contribution in [0, 0.1) is 30.9 Å². The molecule has 1 N–H and O–H groups in total. The summed E-state index contributed by atoms with van der Waals surface area (Å²) in [6.45, 7) is 6.70. The summed E-state index contributed by atoms with van der Waals surface area (Å²) in [4.78, 5) is 13.0. The Morgan fingerprint density at radius 3 is 2.53 bits per heavy atom. The second-order valence-corrected chi connectivity index (χ2v) is 6.01. The quantitative estimate of drug-likeness (QED) is 0.672. The van der Waals surface area contributed by atoms with Gasteiger partial charge in [0.2, 0.25) is 0 Å². The fourth-order valence-electron chi connectivity index (χ4n) is 2.03. The monoisotopic (exact) mass is 276 g/mol. The summed E-state index contributed by atoms with van der Waals surface area (Å²) in [6.07, 6.45) is 0. The molecular weight excluding hydrogens is 260 g/mol. The summed E-state index contributed by atoms with van der Waals surface area (Å²) in [5.74, 6) is 0. The maximum absolute atomic E-state index is 10.7. The largest absolute Gasteiger partial charge is 0.381 e. The molecule has 1 aromatic heterocycles. The molecule has 1 heterocycles. The molecule has 0 amide bonds. The van der Waals surface area contributed by atoms with Gasteiger partial charge in [-0.3, -0.25) is 10.1 Å². The van der Waals surface area contributed by atoms with Crippen molar-refractivity contribution in [2.45, 2.75) is 27.3 Å². The fourth-order valence-corrected chi connectivity index (χ4v) is 2.97. The third-order valence-corrected chi connectivity index (χ3v) is 4.03. The highest BCUT2D eigenvalue weighted by Gasteiger charge is 2.10. The van der Waals surface area contributed by atoms with E-state index in [1.807, 2.05) is 6.07 Å². The van der Waals surface area contributed by atoms with Crippen LogP contribution in [0.2, 0.25) is 0 Å². The van der Waals surface area contributed by atoms with Gasteiger partial charge in [0.1, 0.15) is 0 Å². The lowest BCUT2D eigenvalue weighted by atomic mass is 10.1. The molecule has 0 atom stereocenters. The van der Waals surface area contributed by atoms with Gasteiger partial charge in [-0.15, -0.1) is 11.3 Å². The maximum Gasteiger partial charge on any atom is 0.272 e. The van der Waals surface area contributed by atoms with Crippen LogP contribution in [-0.2, 0) is 6.54 Å². The van der Waals surface area contributed by atoms with E-state index in [0.29, 0.717) is 5.56 Å². The first-order valence-corrected chi connectivity index (χ1v) is 6.84. The van der Waals surface area contributed by atoms with Gasteiger partial charge >= 0.3 is 0 Å². The Labute approximate surface area is 116 Å². The fraction of sp³-hybridized carbons (Fsp3) is 0.286. The van der Waals surface area contributed by atoms with Gasteiger partial charge in [0.15, 0.2) is 0 Å². The molecule has 0 saturated heterocycles. The summed E-state index contributed by atoms with van der Waals surface area (Å²) >= 11 is 1.78. The SMILES string of the molecule is Cc1cc(CNc2ccc([N+](=O)[O-])c(C)c2)c(C)s1. The molecule has 1 aromatic carbocycles. The van der Waals surface area contributed by atoms with Gasteiger partial charge in [0.05, 0.1) is 4.92 Å². The van der Waals surface area contributed by atoms with Gasteiger partial charge in [-0.1, -0.05) is 0 Å². The zero-order valence-electron chi connectivity index (χ0n) is 11.2. The minimum atomic E-state index is -0.356. The number of nitrogens with zero attached hydrogens (tertiary/aromatic N) is 1. The van der Waals surface area contributed by atoms with Crippen molar-refractivity contribution in [1.82, 2.24) is 0 Å². The first-order valence-electron chi connectivity index (χ1n) is 6.02. The van der Waals surface area contributed by atoms with Crippen LogP contribution in [0.5, 0.6) is 0 Å². The van der Waals surface area contributed by atoms with Crippen LogP contribution in [0.25, 0.3) is 0 Å². The molecule has 0 unspecified atom stereocenters. The normalized spacial score (nSPS) is 10.5. The second kappa shape index (κ2) is 5.40. The van der Waals surface area contributed by atoms with E-state index in [0.717, 1.165) is 12.2 Å². The molecule has 0 aliphatic carbocycles. The highest BCUT2D eigenvalue weighted by molar-refractivity contribution is 7.12. The average molecular weight is 276 g/mol. The van der Waals surface area contributed by atoms with E-state index in [2.05, 4.69) is 25.2 Å². The first kappa shape index (κ1) is 13.5. The summed E-state index contributed by atoms with van der Waals surface area (Å²) in [6, 6.07) is 7.28. The Kier molecular flexibility index (Phi) is 3.85. The van der Waals surface area contributed by atoms with Crippen LogP contribution in [-0.4, -0.2) is 4.92 Å². The Morgan fingerprint density at radius 1 is 1.26 bits per heavy atom. The minimum absolute atomic E-state index is 0.160. The van der Waals surface area contributed by atoms with Crippen LogP contribution in [0.15, 0.2) is 24.3 Å². The van der Waals surface area contributed by atoms with E-state index < -0.39 is 0 Å². The molecule has 100 valence electrons. The van der Waals surface area contributed by atoms with Crippen LogP contribution >= 0.6 is 11.3 Å². The van der Waals surface area contributed by atoms with Crippen molar-refractivity contribution in [2.75, 3.05) is 5.32 Å². The van der Waals surface area contributed by atoms with Gasteiger partial charge in [-0.2, -0.15) is 0 Å². The first-order chi connectivity index (χ1) is 8.97. The zero-order valence-corrected chi connectivity index (χ0v) is 12.0. The third kappa shape index (κ3) is 3.12.